The SMILES string of the molecule is O=C(O)C1CCC(OC(=O)N2CCCCc3ccccc32)CC1. The highest BCUT2D eigenvalue weighted by molar-refractivity contribution is 5.89. The molecule has 1 saturated carbocycles. The predicted octanol–water partition coefficient (Wildman–Crippen LogP) is 3.61. The number of carboxylic acids is 1. The van der Waals surface area contributed by atoms with Gasteiger partial charge in [0.15, 0.2) is 0 Å². The second kappa shape index (κ2) is 7.02. The van der Waals surface area contributed by atoms with Crippen LogP contribution in [0.2, 0.25) is 0 Å². The molecule has 0 spiro atoms. The monoisotopic (exact) mass is 317 g/mol. The first-order chi connectivity index (χ1) is 11.1. The highest BCUT2D eigenvalue weighted by Gasteiger charge is 2.30. The molecule has 1 N–H and O–H groups in total. The third-order valence-electron chi connectivity index (χ3n) is 4.87. The Hall–Kier alpha value is -2.04. The zero-order valence-corrected chi connectivity index (χ0v) is 13.2. The molecule has 0 atom stereocenters. The van der Waals surface area contributed by atoms with Gasteiger partial charge in [0, 0.05) is 6.54 Å². The van der Waals surface area contributed by atoms with Gasteiger partial charge in [0.25, 0.3) is 0 Å². The summed E-state index contributed by atoms with van der Waals surface area (Å²) < 4.78 is 5.67. The van der Waals surface area contributed by atoms with E-state index < -0.39 is 5.97 Å². The molecule has 0 radical (unpaired) electrons. The van der Waals surface area contributed by atoms with Crippen LogP contribution in [0.25, 0.3) is 0 Å². The summed E-state index contributed by atoms with van der Waals surface area (Å²) >= 11 is 0. The minimum atomic E-state index is -0.740. The fourth-order valence-electron chi connectivity index (χ4n) is 3.51. The highest BCUT2D eigenvalue weighted by Crippen LogP contribution is 2.30. The van der Waals surface area contributed by atoms with E-state index in [4.69, 9.17) is 9.84 Å². The van der Waals surface area contributed by atoms with Crippen molar-refractivity contribution in [1.82, 2.24) is 0 Å². The Morgan fingerprint density at radius 3 is 2.57 bits per heavy atom. The van der Waals surface area contributed by atoms with Crippen LogP contribution in [-0.4, -0.2) is 29.8 Å². The number of fused-ring (bicyclic) bond motifs is 1. The highest BCUT2D eigenvalue weighted by atomic mass is 16.6. The average Bonchev–Trinajstić information content (AvgIpc) is 2.77. The number of carbonyl (C=O) groups excluding carboxylic acids is 1. The van der Waals surface area contributed by atoms with Gasteiger partial charge in [-0.05, 0) is 56.6 Å². The molecule has 1 aromatic carbocycles. The van der Waals surface area contributed by atoms with Crippen molar-refractivity contribution in [3.63, 3.8) is 0 Å². The van der Waals surface area contributed by atoms with Crippen LogP contribution in [0.5, 0.6) is 0 Å². The van der Waals surface area contributed by atoms with Gasteiger partial charge in [0.05, 0.1) is 11.6 Å². The molecule has 0 saturated heterocycles. The van der Waals surface area contributed by atoms with Crippen LogP contribution < -0.4 is 4.90 Å². The van der Waals surface area contributed by atoms with Crippen LogP contribution in [0.3, 0.4) is 0 Å². The summed E-state index contributed by atoms with van der Waals surface area (Å²) in [6.45, 7) is 0.681. The number of anilines is 1. The molecule has 5 nitrogen and oxygen atoms in total. The molecule has 1 heterocycles. The van der Waals surface area contributed by atoms with Crippen molar-refractivity contribution in [2.75, 3.05) is 11.4 Å². The number of benzene rings is 1. The molecule has 2 aliphatic rings. The topological polar surface area (TPSA) is 66.8 Å². The Morgan fingerprint density at radius 2 is 1.83 bits per heavy atom. The Kier molecular flexibility index (Phi) is 4.84. The molecular formula is C18H23NO4. The van der Waals surface area contributed by atoms with Gasteiger partial charge < -0.3 is 9.84 Å². The molecule has 1 aliphatic heterocycles. The summed E-state index contributed by atoms with van der Waals surface area (Å²) in [6, 6.07) is 7.99. The van der Waals surface area contributed by atoms with Crippen molar-refractivity contribution < 1.29 is 19.4 Å². The number of hydrogen-bond acceptors (Lipinski definition) is 3. The van der Waals surface area contributed by atoms with Crippen LogP contribution in [0.1, 0.15) is 44.1 Å². The molecule has 23 heavy (non-hydrogen) atoms. The van der Waals surface area contributed by atoms with Crippen LogP contribution in [0.4, 0.5) is 10.5 Å². The van der Waals surface area contributed by atoms with E-state index in [1.165, 1.54) is 5.56 Å². The summed E-state index contributed by atoms with van der Waals surface area (Å²) in [7, 11) is 0. The van der Waals surface area contributed by atoms with Crippen molar-refractivity contribution in [1.29, 1.82) is 0 Å². The molecule has 1 aromatic rings. The largest absolute Gasteiger partial charge is 0.481 e. The number of carboxylic acid groups (broad SMARTS) is 1. The number of para-hydroxylation sites is 1. The molecule has 0 unspecified atom stereocenters. The zero-order valence-electron chi connectivity index (χ0n) is 13.2. The molecule has 3 rings (SSSR count). The second-order valence-electron chi connectivity index (χ2n) is 6.43. The van der Waals surface area contributed by atoms with Crippen molar-refractivity contribution in [3.05, 3.63) is 29.8 Å². The number of nitrogens with zero attached hydrogens (tertiary/aromatic N) is 1. The fourth-order valence-corrected chi connectivity index (χ4v) is 3.51. The van der Waals surface area contributed by atoms with Crippen molar-refractivity contribution in [2.24, 2.45) is 5.92 Å². The molecule has 0 aromatic heterocycles. The first-order valence-electron chi connectivity index (χ1n) is 8.44. The predicted molar refractivity (Wildman–Crippen MR) is 86.6 cm³/mol. The lowest BCUT2D eigenvalue weighted by molar-refractivity contribution is -0.143. The number of ether oxygens (including phenoxy) is 1. The molecular weight excluding hydrogens is 294 g/mol. The van der Waals surface area contributed by atoms with Gasteiger partial charge in [-0.1, -0.05) is 18.2 Å². The van der Waals surface area contributed by atoms with Gasteiger partial charge in [-0.2, -0.15) is 0 Å². The van der Waals surface area contributed by atoms with E-state index in [0.29, 0.717) is 32.2 Å². The fraction of sp³-hybridized carbons (Fsp3) is 0.556. The maximum Gasteiger partial charge on any atom is 0.414 e. The minimum absolute atomic E-state index is 0.159. The third kappa shape index (κ3) is 3.66. The number of aliphatic carboxylic acids is 1. The van der Waals surface area contributed by atoms with E-state index in [-0.39, 0.29) is 18.1 Å². The number of hydrogen-bond donors (Lipinski definition) is 1. The van der Waals surface area contributed by atoms with E-state index in [1.54, 1.807) is 4.90 Å². The normalized spacial score (nSPS) is 24.4. The van der Waals surface area contributed by atoms with Gasteiger partial charge >= 0.3 is 12.1 Å². The van der Waals surface area contributed by atoms with Crippen LogP contribution in [-0.2, 0) is 16.0 Å². The summed E-state index contributed by atoms with van der Waals surface area (Å²) in [6.07, 6.45) is 5.03. The quantitative estimate of drug-likeness (QED) is 0.905. The van der Waals surface area contributed by atoms with Gasteiger partial charge in [0.2, 0.25) is 0 Å². The Bertz CT molecular complexity index is 578. The summed E-state index contributed by atoms with van der Waals surface area (Å²) in [5.41, 5.74) is 2.14. The van der Waals surface area contributed by atoms with Crippen LogP contribution in [0.15, 0.2) is 24.3 Å². The summed E-state index contributed by atoms with van der Waals surface area (Å²) in [5, 5.41) is 9.03. The van der Waals surface area contributed by atoms with Crippen LogP contribution >= 0.6 is 0 Å². The van der Waals surface area contributed by atoms with Gasteiger partial charge in [-0.15, -0.1) is 0 Å². The Morgan fingerprint density at radius 1 is 1.09 bits per heavy atom. The minimum Gasteiger partial charge on any atom is -0.481 e. The lowest BCUT2D eigenvalue weighted by Gasteiger charge is -2.29. The van der Waals surface area contributed by atoms with Crippen LogP contribution in [0, 0.1) is 5.92 Å². The molecule has 5 heteroatoms. The summed E-state index contributed by atoms with van der Waals surface area (Å²) in [4.78, 5) is 25.3. The molecule has 0 bridgehead atoms. The number of aryl methyl sites for hydroxylation is 1. The molecule has 1 aliphatic carbocycles. The summed E-state index contributed by atoms with van der Waals surface area (Å²) in [5.74, 6) is -1.03. The van der Waals surface area contributed by atoms with E-state index in [1.807, 2.05) is 18.2 Å². The maximum absolute atomic E-state index is 12.6. The first kappa shape index (κ1) is 15.8. The van der Waals surface area contributed by atoms with Gasteiger partial charge in [0.1, 0.15) is 6.10 Å². The van der Waals surface area contributed by atoms with E-state index in [0.717, 1.165) is 24.9 Å². The van der Waals surface area contributed by atoms with Gasteiger partial charge in [-0.25, -0.2) is 4.79 Å². The van der Waals surface area contributed by atoms with E-state index >= 15 is 0 Å². The van der Waals surface area contributed by atoms with E-state index in [2.05, 4.69) is 6.07 Å². The zero-order chi connectivity index (χ0) is 16.2. The molecule has 1 amide bonds. The van der Waals surface area contributed by atoms with Gasteiger partial charge in [-0.3, -0.25) is 9.69 Å². The number of amides is 1. The molecule has 1 fully saturated rings. The average molecular weight is 317 g/mol. The Balaban J connectivity index is 1.64. The van der Waals surface area contributed by atoms with Crippen molar-refractivity contribution in [2.45, 2.75) is 51.0 Å². The lowest BCUT2D eigenvalue weighted by Crippen LogP contribution is -2.36. The lowest BCUT2D eigenvalue weighted by atomic mass is 9.87. The number of carbonyl (C=O) groups is 2. The first-order valence-corrected chi connectivity index (χ1v) is 8.44. The van der Waals surface area contributed by atoms with E-state index in [9.17, 15) is 9.59 Å². The second-order valence-corrected chi connectivity index (χ2v) is 6.43. The van der Waals surface area contributed by atoms with Crippen molar-refractivity contribution >= 4 is 17.7 Å². The standard InChI is InChI=1S/C18H23NO4/c20-17(21)14-8-10-15(11-9-14)23-18(22)19-12-4-3-6-13-5-1-2-7-16(13)19/h1-2,5,7,14-15H,3-4,6,8-12H2,(H,20,21). The smallest absolute Gasteiger partial charge is 0.414 e. The molecule has 124 valence electrons. The third-order valence-corrected chi connectivity index (χ3v) is 4.87. The number of rotatable bonds is 2. The maximum atomic E-state index is 12.6. The Labute approximate surface area is 136 Å². The van der Waals surface area contributed by atoms with Crippen molar-refractivity contribution in [3.8, 4) is 0 Å².